The van der Waals surface area contributed by atoms with Gasteiger partial charge in [0.25, 0.3) is 17.7 Å². The molecule has 0 fully saturated rings. The van der Waals surface area contributed by atoms with E-state index in [2.05, 4.69) is 63.7 Å². The van der Waals surface area contributed by atoms with Gasteiger partial charge in [0.05, 0.1) is 25.1 Å². The number of ketones is 1. The van der Waals surface area contributed by atoms with E-state index in [0.29, 0.717) is 18.7 Å². The number of anilines is 1. The van der Waals surface area contributed by atoms with Crippen molar-refractivity contribution in [2.75, 3.05) is 64.8 Å². The lowest BCUT2D eigenvalue weighted by Gasteiger charge is -2.18. The van der Waals surface area contributed by atoms with Crippen molar-refractivity contribution >= 4 is 46.5 Å². The third-order valence-electron chi connectivity index (χ3n) is 7.82. The summed E-state index contributed by atoms with van der Waals surface area (Å²) >= 11 is 6.14. The van der Waals surface area contributed by atoms with Gasteiger partial charge in [-0.2, -0.15) is 10.2 Å². The number of methoxy groups -OCH3 is 1. The molecule has 0 heterocycles. The van der Waals surface area contributed by atoms with Gasteiger partial charge >= 0.3 is 0 Å². The number of hydrogen-bond donors (Lipinski definition) is 4. The molecule has 48 heavy (non-hydrogen) atoms. The van der Waals surface area contributed by atoms with Gasteiger partial charge in [-0.25, -0.2) is 0 Å². The Morgan fingerprint density at radius 2 is 1.38 bits per heavy atom. The van der Waals surface area contributed by atoms with Crippen molar-refractivity contribution in [3.05, 3.63) is 52.0 Å². The second-order valence-electron chi connectivity index (χ2n) is 11.1. The molecule has 0 bridgehead atoms. The number of aliphatic hydroxyl groups excluding tert-OH is 1. The van der Waals surface area contributed by atoms with Crippen LogP contribution < -0.4 is 20.7 Å². The molecule has 2 aromatic carbocycles. The first-order chi connectivity index (χ1) is 23.0. The minimum atomic E-state index is -1.56. The lowest BCUT2D eigenvalue weighted by Crippen LogP contribution is -2.32. The number of amides is 3. The van der Waals surface area contributed by atoms with Crippen molar-refractivity contribution in [3.8, 4) is 5.75 Å². The molecule has 264 valence electrons. The summed E-state index contributed by atoms with van der Waals surface area (Å²) in [5, 5.41) is 26.3. The van der Waals surface area contributed by atoms with Gasteiger partial charge in [0.1, 0.15) is 5.75 Å². The number of nitrogens with one attached hydrogen (secondary N) is 3. The molecule has 1 unspecified atom stereocenters. The monoisotopic (exact) mass is 687 g/mol. The Hall–Kier alpha value is -3.91. The molecule has 0 saturated heterocycles. The lowest BCUT2D eigenvalue weighted by molar-refractivity contribution is -0.126. The third kappa shape index (κ3) is 12.6. The molecule has 0 aliphatic heterocycles. The van der Waals surface area contributed by atoms with Gasteiger partial charge in [-0.1, -0.05) is 39.3 Å². The van der Waals surface area contributed by atoms with Crippen LogP contribution in [0.5, 0.6) is 5.75 Å². The number of hydrogen-bond acceptors (Lipinski definition) is 10. The average Bonchev–Trinajstić information content (AvgIpc) is 3.08. The molecule has 0 spiro atoms. The SMILES string of the molecule is CCN(CC)CCCNC(=O)c1cc(N=NC(C(C)=O)C(=O)Nc2cc(CO)c(Cl)cc2OC)cc(C(=O)NCCCN(CC)CC)c1. The van der Waals surface area contributed by atoms with Crippen molar-refractivity contribution in [1.82, 2.24) is 20.4 Å². The number of nitrogens with zero attached hydrogens (tertiary/aromatic N) is 4. The van der Waals surface area contributed by atoms with E-state index in [-0.39, 0.29) is 39.9 Å². The molecule has 4 N–H and O–H groups in total. The van der Waals surface area contributed by atoms with E-state index in [1.165, 1.54) is 44.4 Å². The summed E-state index contributed by atoms with van der Waals surface area (Å²) in [5.74, 6) is -1.97. The Balaban J connectivity index is 2.32. The van der Waals surface area contributed by atoms with Crippen LogP contribution in [0.15, 0.2) is 40.6 Å². The summed E-state index contributed by atoms with van der Waals surface area (Å²) in [6.45, 7) is 15.4. The highest BCUT2D eigenvalue weighted by Crippen LogP contribution is 2.32. The number of azo groups is 1. The summed E-state index contributed by atoms with van der Waals surface area (Å²) in [5.41, 5.74) is 1.01. The number of rotatable bonds is 21. The predicted octanol–water partition coefficient (Wildman–Crippen LogP) is 4.44. The highest BCUT2D eigenvalue weighted by molar-refractivity contribution is 6.31. The number of Topliss-reactive ketones (excluding diaryl/α,β-unsaturated/α-hetero) is 1. The molecule has 14 heteroatoms. The van der Waals surface area contributed by atoms with E-state index in [0.717, 1.165) is 52.1 Å². The minimum absolute atomic E-state index is 0.116. The van der Waals surface area contributed by atoms with E-state index < -0.39 is 29.5 Å². The molecule has 0 radical (unpaired) electrons. The molecule has 0 aliphatic carbocycles. The number of ether oxygens (including phenoxy) is 1. The number of halogens is 1. The zero-order chi connectivity index (χ0) is 35.6. The topological polar surface area (TPSA) is 165 Å². The quantitative estimate of drug-likeness (QED) is 0.0850. The minimum Gasteiger partial charge on any atom is -0.495 e. The van der Waals surface area contributed by atoms with Gasteiger partial charge in [0.2, 0.25) is 6.04 Å². The van der Waals surface area contributed by atoms with Gasteiger partial charge in [-0.3, -0.25) is 19.2 Å². The van der Waals surface area contributed by atoms with Crippen LogP contribution in [0.2, 0.25) is 5.02 Å². The lowest BCUT2D eigenvalue weighted by atomic mass is 10.1. The Bertz CT molecular complexity index is 1360. The third-order valence-corrected chi connectivity index (χ3v) is 8.18. The largest absolute Gasteiger partial charge is 0.495 e. The average molecular weight is 688 g/mol. The van der Waals surface area contributed by atoms with Crippen molar-refractivity contribution < 1.29 is 29.0 Å². The Morgan fingerprint density at radius 3 is 1.81 bits per heavy atom. The number of carbonyl (C=O) groups excluding carboxylic acids is 4. The van der Waals surface area contributed by atoms with E-state index in [9.17, 15) is 24.3 Å². The second-order valence-corrected chi connectivity index (χ2v) is 11.5. The van der Waals surface area contributed by atoms with E-state index in [1.54, 1.807) is 0 Å². The molecule has 2 rings (SSSR count). The van der Waals surface area contributed by atoms with Gasteiger partial charge in [0.15, 0.2) is 5.78 Å². The molecule has 0 aromatic heterocycles. The van der Waals surface area contributed by atoms with Gasteiger partial charge in [-0.05, 0) is 88.9 Å². The first kappa shape index (κ1) is 40.3. The molecule has 1 atom stereocenters. The van der Waals surface area contributed by atoms with Crippen LogP contribution in [0.4, 0.5) is 11.4 Å². The smallest absolute Gasteiger partial charge is 0.258 e. The molecular formula is C34H50ClN7O6. The Labute approximate surface area is 288 Å². The van der Waals surface area contributed by atoms with Crippen LogP contribution >= 0.6 is 11.6 Å². The zero-order valence-corrected chi connectivity index (χ0v) is 29.7. The summed E-state index contributed by atoms with van der Waals surface area (Å²) in [7, 11) is 1.38. The molecule has 0 aliphatic rings. The maximum Gasteiger partial charge on any atom is 0.258 e. The number of carbonyl (C=O) groups is 4. The maximum atomic E-state index is 13.2. The predicted molar refractivity (Wildman–Crippen MR) is 187 cm³/mol. The van der Waals surface area contributed by atoms with Crippen LogP contribution in [-0.2, 0) is 16.2 Å². The summed E-state index contributed by atoms with van der Waals surface area (Å²) in [6.07, 6.45) is 1.50. The second kappa shape index (κ2) is 21.1. The number of aliphatic hydroxyl groups is 1. The van der Waals surface area contributed by atoms with Crippen LogP contribution in [0, 0.1) is 0 Å². The van der Waals surface area contributed by atoms with Crippen molar-refractivity contribution in [2.45, 2.75) is 60.1 Å². The highest BCUT2D eigenvalue weighted by atomic mass is 35.5. The molecule has 3 amide bonds. The van der Waals surface area contributed by atoms with Crippen LogP contribution in [0.25, 0.3) is 0 Å². The molecule has 0 saturated carbocycles. The van der Waals surface area contributed by atoms with E-state index in [1.807, 2.05) is 0 Å². The van der Waals surface area contributed by atoms with Crippen molar-refractivity contribution in [2.24, 2.45) is 10.2 Å². The first-order valence-electron chi connectivity index (χ1n) is 16.4. The van der Waals surface area contributed by atoms with Crippen LogP contribution in [0.1, 0.15) is 73.7 Å². The standard InChI is InChI=1S/C34H50ClN7O6/c1-7-41(8-2)15-11-13-36-32(45)24-17-25(33(46)37-14-12-16-42(9-3)10-4)19-27(18-24)39-40-31(23(5)44)34(47)38-29-20-26(22-43)28(35)21-30(29)48-6/h17-21,31,43H,7-16,22H2,1-6H3,(H,36,45)(H,37,46)(H,38,47). The van der Waals surface area contributed by atoms with Crippen LogP contribution in [-0.4, -0.2) is 104 Å². The van der Waals surface area contributed by atoms with Gasteiger partial charge in [-0.15, -0.1) is 0 Å². The number of benzene rings is 2. The molecule has 13 nitrogen and oxygen atoms in total. The maximum absolute atomic E-state index is 13.2. The van der Waals surface area contributed by atoms with E-state index >= 15 is 0 Å². The van der Waals surface area contributed by atoms with Crippen molar-refractivity contribution in [3.63, 3.8) is 0 Å². The fourth-order valence-corrected chi connectivity index (χ4v) is 5.07. The molecular weight excluding hydrogens is 638 g/mol. The zero-order valence-electron chi connectivity index (χ0n) is 28.9. The Kier molecular flexibility index (Phi) is 17.7. The van der Waals surface area contributed by atoms with Gasteiger partial charge in [0, 0.05) is 35.3 Å². The molecule has 2 aromatic rings. The summed E-state index contributed by atoms with van der Waals surface area (Å²) in [4.78, 5) is 56.5. The van der Waals surface area contributed by atoms with Gasteiger partial charge < -0.3 is 35.6 Å². The highest BCUT2D eigenvalue weighted by Gasteiger charge is 2.25. The normalized spacial score (nSPS) is 12.0. The first-order valence-corrected chi connectivity index (χ1v) is 16.7. The van der Waals surface area contributed by atoms with Crippen molar-refractivity contribution in [1.29, 1.82) is 0 Å². The Morgan fingerprint density at radius 1 is 0.854 bits per heavy atom. The fraction of sp³-hybridized carbons (Fsp3) is 0.529. The summed E-state index contributed by atoms with van der Waals surface area (Å²) < 4.78 is 5.28. The van der Waals surface area contributed by atoms with Crippen LogP contribution in [0.3, 0.4) is 0 Å². The van der Waals surface area contributed by atoms with E-state index in [4.69, 9.17) is 16.3 Å². The fourth-order valence-electron chi connectivity index (χ4n) is 4.86. The summed E-state index contributed by atoms with van der Waals surface area (Å²) in [6, 6.07) is 5.70.